The first-order chi connectivity index (χ1) is 17.1. The van der Waals surface area contributed by atoms with E-state index in [1.165, 1.54) is 58.0 Å². The normalized spacial score (nSPS) is 19.5. The van der Waals surface area contributed by atoms with Crippen molar-refractivity contribution in [2.45, 2.75) is 70.9 Å². The predicted octanol–water partition coefficient (Wildman–Crippen LogP) is 5.74. The van der Waals surface area contributed by atoms with Crippen molar-refractivity contribution in [3.8, 4) is 0 Å². The molecule has 0 atom stereocenters. The molecule has 6 nitrogen and oxygen atoms in total. The lowest BCUT2D eigenvalue weighted by Crippen LogP contribution is -2.41. The van der Waals surface area contributed by atoms with Gasteiger partial charge in [-0.2, -0.15) is 0 Å². The smallest absolute Gasteiger partial charge is 0.156 e. The van der Waals surface area contributed by atoms with E-state index in [9.17, 15) is 0 Å². The zero-order valence-corrected chi connectivity index (χ0v) is 21.8. The first-order valence-electron chi connectivity index (χ1n) is 13.3. The van der Waals surface area contributed by atoms with Crippen molar-refractivity contribution in [2.24, 2.45) is 0 Å². The molecule has 4 rings (SSSR count). The highest BCUT2D eigenvalue weighted by Crippen LogP contribution is 2.27. The third-order valence-corrected chi connectivity index (χ3v) is 7.56. The van der Waals surface area contributed by atoms with Gasteiger partial charge in [-0.05, 0) is 39.2 Å². The zero-order chi connectivity index (χ0) is 24.6. The molecule has 2 fully saturated rings. The molecule has 0 amide bonds. The minimum Gasteiger partial charge on any atom is -0.388 e. The number of hydrogen-bond donors (Lipinski definition) is 2. The van der Waals surface area contributed by atoms with Crippen molar-refractivity contribution in [2.75, 3.05) is 26.7 Å². The molecule has 188 valence electrons. The molecule has 2 aromatic rings. The van der Waals surface area contributed by atoms with Gasteiger partial charge in [0.2, 0.25) is 0 Å². The zero-order valence-electron chi connectivity index (χ0n) is 21.8. The molecule has 0 bridgehead atoms. The average molecular weight is 475 g/mol. The summed E-state index contributed by atoms with van der Waals surface area (Å²) in [5, 5.41) is 3.60. The molecule has 0 aromatic carbocycles. The van der Waals surface area contributed by atoms with E-state index < -0.39 is 0 Å². The van der Waals surface area contributed by atoms with Crippen LogP contribution in [0.3, 0.4) is 0 Å². The Labute approximate surface area is 210 Å². The number of nitrogens with one attached hydrogen (secondary N) is 2. The maximum atomic E-state index is 5.04. The Kier molecular flexibility index (Phi) is 8.80. The summed E-state index contributed by atoms with van der Waals surface area (Å²) in [4.78, 5) is 18.0. The number of allylic oxidation sites excluding steroid dienone is 5. The molecule has 2 N–H and O–H groups in total. The van der Waals surface area contributed by atoms with E-state index in [0.717, 1.165) is 40.1 Å². The lowest BCUT2D eigenvalue weighted by Gasteiger charge is -2.36. The van der Waals surface area contributed by atoms with Crippen LogP contribution in [0.2, 0.25) is 0 Å². The number of aromatic nitrogens is 3. The molecule has 35 heavy (non-hydrogen) atoms. The number of nitrogens with zero attached hydrogens (tertiary/aromatic N) is 4. The van der Waals surface area contributed by atoms with Gasteiger partial charge in [0.1, 0.15) is 5.52 Å². The number of fused-ring (bicyclic) bond motifs is 1. The molecule has 0 unspecified atom stereocenters. The minimum atomic E-state index is 0.544. The maximum Gasteiger partial charge on any atom is 0.156 e. The highest BCUT2D eigenvalue weighted by molar-refractivity contribution is 5.91. The number of likely N-dealkylation sites (tertiary alicyclic amines) is 1. The molecular weight excluding hydrogens is 432 g/mol. The molecule has 0 spiro atoms. The standard InChI is InChI=1S/C29H42N6/c1-5-11-23(21-34(4)25-14-16-35(7-3)17-15-25)26-19-31-29-28(26)33-27(20-32-29)22(6-2)18-30-24-12-9-8-10-13-24/h5-6,11,18-21,24-25,30H,2,7-10,12-17H2,1,3-4H3,(H,31,32)/b11-5+,22-18+,23-21+. The summed E-state index contributed by atoms with van der Waals surface area (Å²) in [7, 11) is 2.21. The molecule has 2 aromatic heterocycles. The summed E-state index contributed by atoms with van der Waals surface area (Å²) < 4.78 is 0. The van der Waals surface area contributed by atoms with E-state index in [2.05, 4.69) is 77.1 Å². The Balaban J connectivity index is 1.59. The van der Waals surface area contributed by atoms with Gasteiger partial charge in [0.05, 0.1) is 11.9 Å². The van der Waals surface area contributed by atoms with Crippen LogP contribution in [-0.4, -0.2) is 63.5 Å². The fourth-order valence-corrected chi connectivity index (χ4v) is 5.31. The Morgan fingerprint density at radius 2 is 1.97 bits per heavy atom. The van der Waals surface area contributed by atoms with Crippen molar-refractivity contribution in [3.05, 3.63) is 60.9 Å². The van der Waals surface area contributed by atoms with E-state index in [-0.39, 0.29) is 0 Å². The highest BCUT2D eigenvalue weighted by Gasteiger charge is 2.21. The molecule has 6 heteroatoms. The molecule has 2 aliphatic rings. The summed E-state index contributed by atoms with van der Waals surface area (Å²) in [6.45, 7) is 11.8. The Bertz CT molecular complexity index is 1060. The molecule has 1 aliphatic heterocycles. The molecule has 1 aliphatic carbocycles. The maximum absolute atomic E-state index is 5.04. The van der Waals surface area contributed by atoms with Crippen LogP contribution in [0.25, 0.3) is 22.3 Å². The van der Waals surface area contributed by atoms with Crippen molar-refractivity contribution in [3.63, 3.8) is 0 Å². The van der Waals surface area contributed by atoms with Crippen LogP contribution in [0.15, 0.2) is 49.6 Å². The number of hydrogen-bond acceptors (Lipinski definition) is 5. The van der Waals surface area contributed by atoms with Gasteiger partial charge in [-0.25, -0.2) is 9.97 Å². The largest absolute Gasteiger partial charge is 0.388 e. The molecular formula is C29H42N6. The Morgan fingerprint density at radius 3 is 2.66 bits per heavy atom. The lowest BCUT2D eigenvalue weighted by molar-refractivity contribution is 0.162. The van der Waals surface area contributed by atoms with Crippen LogP contribution >= 0.6 is 0 Å². The van der Waals surface area contributed by atoms with Gasteiger partial charge >= 0.3 is 0 Å². The monoisotopic (exact) mass is 474 g/mol. The van der Waals surface area contributed by atoms with Crippen molar-refractivity contribution >= 4 is 22.3 Å². The number of aromatic amines is 1. The third-order valence-electron chi connectivity index (χ3n) is 7.56. The summed E-state index contributed by atoms with van der Waals surface area (Å²) in [5.74, 6) is 0. The second-order valence-electron chi connectivity index (χ2n) is 9.88. The summed E-state index contributed by atoms with van der Waals surface area (Å²) in [5.41, 5.74) is 5.75. The fraction of sp³-hybridized carbons (Fsp3) is 0.517. The predicted molar refractivity (Wildman–Crippen MR) is 148 cm³/mol. The van der Waals surface area contributed by atoms with Crippen LogP contribution in [0.4, 0.5) is 0 Å². The highest BCUT2D eigenvalue weighted by atomic mass is 15.2. The first kappa shape index (κ1) is 25.2. The number of rotatable bonds is 9. The van der Waals surface area contributed by atoms with E-state index in [1.54, 1.807) is 0 Å². The van der Waals surface area contributed by atoms with Gasteiger partial charge in [-0.3, -0.25) is 0 Å². The molecule has 1 saturated heterocycles. The van der Waals surface area contributed by atoms with E-state index in [4.69, 9.17) is 4.98 Å². The fourth-order valence-electron chi connectivity index (χ4n) is 5.31. The van der Waals surface area contributed by atoms with Crippen molar-refractivity contribution in [1.29, 1.82) is 0 Å². The Morgan fingerprint density at radius 1 is 1.20 bits per heavy atom. The first-order valence-corrected chi connectivity index (χ1v) is 13.3. The van der Waals surface area contributed by atoms with Gasteiger partial charge in [0.25, 0.3) is 0 Å². The van der Waals surface area contributed by atoms with Gasteiger partial charge < -0.3 is 20.1 Å². The third kappa shape index (κ3) is 6.23. The quantitative estimate of drug-likeness (QED) is 0.454. The minimum absolute atomic E-state index is 0.544. The lowest BCUT2D eigenvalue weighted by atomic mass is 9.95. The molecule has 3 heterocycles. The van der Waals surface area contributed by atoms with Crippen molar-refractivity contribution in [1.82, 2.24) is 30.1 Å². The number of H-pyrrole nitrogens is 1. The second-order valence-corrected chi connectivity index (χ2v) is 9.88. The van der Waals surface area contributed by atoms with E-state index in [0.29, 0.717) is 12.1 Å². The van der Waals surface area contributed by atoms with Gasteiger partial charge in [-0.1, -0.05) is 51.0 Å². The van der Waals surface area contributed by atoms with E-state index in [1.807, 2.05) is 18.5 Å². The number of piperidine rings is 1. The van der Waals surface area contributed by atoms with Gasteiger partial charge in [-0.15, -0.1) is 0 Å². The Hall–Kier alpha value is -2.86. The van der Waals surface area contributed by atoms with Crippen molar-refractivity contribution < 1.29 is 0 Å². The average Bonchev–Trinajstić information content (AvgIpc) is 3.33. The second kappa shape index (κ2) is 12.2. The van der Waals surface area contributed by atoms with Crippen LogP contribution in [0.1, 0.15) is 70.1 Å². The van der Waals surface area contributed by atoms with Crippen LogP contribution in [-0.2, 0) is 0 Å². The SMILES string of the molecule is C=C/C(=C\NC1CCCCC1)c1cnc2[nH]cc(C(/C=C/C)=C/N(C)C3CCN(CC)CC3)c2n1. The van der Waals surface area contributed by atoms with Crippen LogP contribution in [0.5, 0.6) is 0 Å². The summed E-state index contributed by atoms with van der Waals surface area (Å²) in [6.07, 6.45) is 23.2. The van der Waals surface area contributed by atoms with Crippen LogP contribution < -0.4 is 5.32 Å². The van der Waals surface area contributed by atoms with E-state index >= 15 is 0 Å². The van der Waals surface area contributed by atoms with Crippen LogP contribution in [0, 0.1) is 0 Å². The molecule has 1 saturated carbocycles. The summed E-state index contributed by atoms with van der Waals surface area (Å²) in [6, 6.07) is 1.10. The topological polar surface area (TPSA) is 60.1 Å². The van der Waals surface area contributed by atoms with Gasteiger partial charge in [0.15, 0.2) is 5.65 Å². The van der Waals surface area contributed by atoms with Gasteiger partial charge in [0, 0.05) is 67.5 Å². The molecule has 0 radical (unpaired) electrons. The summed E-state index contributed by atoms with van der Waals surface area (Å²) >= 11 is 0.